The lowest BCUT2D eigenvalue weighted by atomic mass is 10.2. The van der Waals surface area contributed by atoms with E-state index in [1.54, 1.807) is 38.1 Å². The van der Waals surface area contributed by atoms with Crippen molar-refractivity contribution >= 4 is 29.2 Å². The van der Waals surface area contributed by atoms with Gasteiger partial charge in [-0.2, -0.15) is 5.10 Å². The van der Waals surface area contributed by atoms with Crippen LogP contribution in [-0.4, -0.2) is 30.1 Å². The first-order chi connectivity index (χ1) is 11.5. The van der Waals surface area contributed by atoms with Gasteiger partial charge >= 0.3 is 5.97 Å². The van der Waals surface area contributed by atoms with Crippen LogP contribution in [0.2, 0.25) is 0 Å². The molecule has 0 atom stereocenters. The number of ether oxygens (including phenoxy) is 1. The third-order valence-electron chi connectivity index (χ3n) is 3.42. The zero-order valence-electron chi connectivity index (χ0n) is 13.8. The highest BCUT2D eigenvalue weighted by atomic mass is 16.5. The zero-order chi connectivity index (χ0) is 17.5. The van der Waals surface area contributed by atoms with Crippen molar-refractivity contribution in [3.63, 3.8) is 0 Å². The molecule has 1 aliphatic carbocycles. The van der Waals surface area contributed by atoms with E-state index in [0.29, 0.717) is 23.6 Å². The Morgan fingerprint density at radius 1 is 1.21 bits per heavy atom. The molecule has 1 saturated carbocycles. The lowest BCUT2D eigenvalue weighted by Crippen LogP contribution is -2.20. The van der Waals surface area contributed by atoms with Crippen molar-refractivity contribution in [3.05, 3.63) is 29.8 Å². The molecule has 0 heterocycles. The average molecular weight is 331 g/mol. The molecule has 1 aromatic rings. The summed E-state index contributed by atoms with van der Waals surface area (Å²) in [7, 11) is 0. The van der Waals surface area contributed by atoms with E-state index < -0.39 is 5.91 Å². The summed E-state index contributed by atoms with van der Waals surface area (Å²) in [5.74, 6) is -0.627. The molecule has 2 N–H and O–H groups in total. The summed E-state index contributed by atoms with van der Waals surface area (Å²) < 4.78 is 4.80. The van der Waals surface area contributed by atoms with Crippen LogP contribution in [0.5, 0.6) is 0 Å². The molecule has 1 aliphatic rings. The molecule has 0 unspecified atom stereocenters. The molecule has 7 nitrogen and oxygen atoms in total. The first-order valence-corrected chi connectivity index (χ1v) is 7.89. The fourth-order valence-electron chi connectivity index (χ4n) is 1.97. The van der Waals surface area contributed by atoms with E-state index in [0.717, 1.165) is 12.8 Å². The highest BCUT2D eigenvalue weighted by molar-refractivity contribution is 6.00. The summed E-state index contributed by atoms with van der Waals surface area (Å²) in [6, 6.07) is 6.55. The van der Waals surface area contributed by atoms with Crippen LogP contribution >= 0.6 is 0 Å². The van der Waals surface area contributed by atoms with Crippen LogP contribution in [0.3, 0.4) is 0 Å². The first-order valence-electron chi connectivity index (χ1n) is 7.89. The number of anilines is 1. The monoisotopic (exact) mass is 331 g/mol. The SMILES string of the molecule is CCOC(=O)CC(C)=NNC(=O)c1ccc(NC(=O)C2CC2)cc1. The Bertz CT molecular complexity index is 648. The number of hydrogen-bond donors (Lipinski definition) is 2. The Morgan fingerprint density at radius 3 is 2.46 bits per heavy atom. The van der Waals surface area contributed by atoms with Crippen LogP contribution in [0.1, 0.15) is 43.5 Å². The van der Waals surface area contributed by atoms with Crippen molar-refractivity contribution in [2.24, 2.45) is 11.0 Å². The number of carbonyl (C=O) groups excluding carboxylic acids is 3. The Kier molecular flexibility index (Phi) is 6.06. The highest BCUT2D eigenvalue weighted by Crippen LogP contribution is 2.30. The maximum atomic E-state index is 12.0. The third kappa shape index (κ3) is 5.49. The van der Waals surface area contributed by atoms with Gasteiger partial charge in [0.15, 0.2) is 0 Å². The largest absolute Gasteiger partial charge is 0.466 e. The number of nitrogens with one attached hydrogen (secondary N) is 2. The summed E-state index contributed by atoms with van der Waals surface area (Å²) in [6.45, 7) is 3.67. The summed E-state index contributed by atoms with van der Waals surface area (Å²) in [5, 5.41) is 6.68. The summed E-state index contributed by atoms with van der Waals surface area (Å²) in [6.07, 6.45) is 1.91. The van der Waals surface area contributed by atoms with Crippen molar-refractivity contribution in [3.8, 4) is 0 Å². The van der Waals surface area contributed by atoms with Crippen LogP contribution in [0.25, 0.3) is 0 Å². The lowest BCUT2D eigenvalue weighted by Gasteiger charge is -2.06. The highest BCUT2D eigenvalue weighted by Gasteiger charge is 2.29. The number of hydrogen-bond acceptors (Lipinski definition) is 5. The molecule has 0 radical (unpaired) electrons. The van der Waals surface area contributed by atoms with Crippen LogP contribution in [-0.2, 0) is 14.3 Å². The maximum Gasteiger partial charge on any atom is 0.311 e. The summed E-state index contributed by atoms with van der Waals surface area (Å²) >= 11 is 0. The van der Waals surface area contributed by atoms with Gasteiger partial charge in [-0.1, -0.05) is 0 Å². The number of amides is 2. The second-order valence-corrected chi connectivity index (χ2v) is 5.61. The lowest BCUT2D eigenvalue weighted by molar-refractivity contribution is -0.141. The second kappa shape index (κ2) is 8.24. The van der Waals surface area contributed by atoms with Crippen molar-refractivity contribution in [2.45, 2.75) is 33.1 Å². The smallest absolute Gasteiger partial charge is 0.311 e. The minimum atomic E-state index is -0.390. The van der Waals surface area contributed by atoms with Gasteiger partial charge in [-0.15, -0.1) is 0 Å². The fraction of sp³-hybridized carbons (Fsp3) is 0.412. The van der Waals surface area contributed by atoms with Gasteiger partial charge in [-0.05, 0) is 51.0 Å². The van der Waals surface area contributed by atoms with E-state index in [1.807, 2.05) is 0 Å². The van der Waals surface area contributed by atoms with Gasteiger partial charge in [0.2, 0.25) is 5.91 Å². The number of hydrazone groups is 1. The number of rotatable bonds is 7. The fourth-order valence-corrected chi connectivity index (χ4v) is 1.97. The topological polar surface area (TPSA) is 96.9 Å². The number of nitrogens with zero attached hydrogens (tertiary/aromatic N) is 1. The first kappa shape index (κ1) is 17.7. The Balaban J connectivity index is 1.85. The normalized spacial score (nSPS) is 14.0. The van der Waals surface area contributed by atoms with E-state index in [9.17, 15) is 14.4 Å². The van der Waals surface area contributed by atoms with E-state index in [2.05, 4.69) is 15.8 Å². The Morgan fingerprint density at radius 2 is 1.88 bits per heavy atom. The predicted octanol–water partition coefficient (Wildman–Crippen LogP) is 2.09. The van der Waals surface area contributed by atoms with Crippen LogP contribution in [0.15, 0.2) is 29.4 Å². The van der Waals surface area contributed by atoms with E-state index >= 15 is 0 Å². The molecule has 1 fully saturated rings. The second-order valence-electron chi connectivity index (χ2n) is 5.61. The van der Waals surface area contributed by atoms with Crippen LogP contribution < -0.4 is 10.7 Å². The van der Waals surface area contributed by atoms with Crippen molar-refractivity contribution < 1.29 is 19.1 Å². The number of carbonyl (C=O) groups is 3. The molecule has 1 aromatic carbocycles. The van der Waals surface area contributed by atoms with Crippen LogP contribution in [0.4, 0.5) is 5.69 Å². The molecule has 0 aromatic heterocycles. The molecule has 24 heavy (non-hydrogen) atoms. The van der Waals surface area contributed by atoms with Crippen molar-refractivity contribution in [1.82, 2.24) is 5.43 Å². The third-order valence-corrected chi connectivity index (χ3v) is 3.42. The molecule has 0 spiro atoms. The number of benzene rings is 1. The minimum Gasteiger partial charge on any atom is -0.466 e. The predicted molar refractivity (Wildman–Crippen MR) is 89.6 cm³/mol. The van der Waals surface area contributed by atoms with Gasteiger partial charge < -0.3 is 10.1 Å². The quantitative estimate of drug-likeness (QED) is 0.454. The summed E-state index contributed by atoms with van der Waals surface area (Å²) in [4.78, 5) is 34.9. The molecular weight excluding hydrogens is 310 g/mol. The zero-order valence-corrected chi connectivity index (χ0v) is 13.8. The van der Waals surface area contributed by atoms with Gasteiger partial charge in [-0.3, -0.25) is 14.4 Å². The molecule has 0 bridgehead atoms. The maximum absolute atomic E-state index is 12.0. The van der Waals surface area contributed by atoms with Crippen molar-refractivity contribution in [1.29, 1.82) is 0 Å². The molecular formula is C17H21N3O4. The standard InChI is InChI=1S/C17H21N3O4/c1-3-24-15(21)10-11(2)19-20-17(23)13-6-8-14(9-7-13)18-16(22)12-4-5-12/h6-9,12H,3-5,10H2,1-2H3,(H,18,22)(H,20,23). The molecule has 0 aliphatic heterocycles. The molecule has 2 amide bonds. The molecule has 128 valence electrons. The Hall–Kier alpha value is -2.70. The number of esters is 1. The van der Waals surface area contributed by atoms with Crippen molar-refractivity contribution in [2.75, 3.05) is 11.9 Å². The van der Waals surface area contributed by atoms with Gasteiger partial charge in [0.1, 0.15) is 0 Å². The molecule has 7 heteroatoms. The van der Waals surface area contributed by atoms with E-state index in [-0.39, 0.29) is 24.2 Å². The molecule has 0 saturated heterocycles. The summed E-state index contributed by atoms with van der Waals surface area (Å²) in [5.41, 5.74) is 3.91. The molecule has 2 rings (SSSR count). The van der Waals surface area contributed by atoms with E-state index in [4.69, 9.17) is 4.74 Å². The van der Waals surface area contributed by atoms with E-state index in [1.165, 1.54) is 0 Å². The van der Waals surface area contributed by atoms with Crippen LogP contribution in [0, 0.1) is 5.92 Å². The average Bonchev–Trinajstić information content (AvgIpc) is 3.38. The van der Waals surface area contributed by atoms with Gasteiger partial charge in [0.25, 0.3) is 5.91 Å². The minimum absolute atomic E-state index is 0.0198. The van der Waals surface area contributed by atoms with Gasteiger partial charge in [0, 0.05) is 22.9 Å². The Labute approximate surface area is 140 Å². The van der Waals surface area contributed by atoms with Gasteiger partial charge in [0.05, 0.1) is 13.0 Å². The van der Waals surface area contributed by atoms with Gasteiger partial charge in [-0.25, -0.2) is 5.43 Å².